The molecule has 1 atom stereocenters. The molecule has 0 aliphatic carbocycles. The van der Waals surface area contributed by atoms with Gasteiger partial charge in [-0.3, -0.25) is 4.98 Å². The first kappa shape index (κ1) is 16.0. The number of nitrogens with zero attached hydrogens (tertiary/aromatic N) is 2. The monoisotopic (exact) mass is 329 g/mol. The number of carbonyl (C=O) groups excluding carboxylic acids is 1. The number of urea groups is 1. The van der Waals surface area contributed by atoms with Gasteiger partial charge in [0.25, 0.3) is 0 Å². The van der Waals surface area contributed by atoms with E-state index in [1.54, 1.807) is 11.3 Å². The lowest BCUT2D eigenvalue weighted by Crippen LogP contribution is -2.45. The molecule has 2 amide bonds. The lowest BCUT2D eigenvalue weighted by atomic mass is 9.90. The van der Waals surface area contributed by atoms with Gasteiger partial charge in [0.15, 0.2) is 0 Å². The van der Waals surface area contributed by atoms with Crippen LogP contribution in [0.5, 0.6) is 0 Å². The van der Waals surface area contributed by atoms with Crippen LogP contribution in [0.25, 0.3) is 0 Å². The molecule has 2 aromatic rings. The zero-order valence-corrected chi connectivity index (χ0v) is 14.3. The highest BCUT2D eigenvalue weighted by Gasteiger charge is 2.25. The maximum Gasteiger partial charge on any atom is 0.317 e. The number of hydrogen-bond donors (Lipinski definition) is 1. The largest absolute Gasteiger partial charge is 0.330 e. The van der Waals surface area contributed by atoms with Crippen LogP contribution in [0.1, 0.15) is 48.6 Å². The molecule has 0 bridgehead atoms. The Morgan fingerprint density at radius 1 is 1.35 bits per heavy atom. The lowest BCUT2D eigenvalue weighted by molar-refractivity contribution is 0.177. The van der Waals surface area contributed by atoms with Crippen molar-refractivity contribution in [3.63, 3.8) is 0 Å². The van der Waals surface area contributed by atoms with Crippen molar-refractivity contribution < 1.29 is 4.79 Å². The van der Waals surface area contributed by atoms with Crippen LogP contribution in [0.2, 0.25) is 0 Å². The number of likely N-dealkylation sites (tertiary alicyclic amines) is 1. The second-order valence-corrected chi connectivity index (χ2v) is 6.95. The quantitative estimate of drug-likeness (QED) is 0.914. The van der Waals surface area contributed by atoms with E-state index in [2.05, 4.69) is 40.8 Å². The van der Waals surface area contributed by atoms with Gasteiger partial charge in [-0.2, -0.15) is 0 Å². The minimum atomic E-state index is 0.0680. The average molecular weight is 329 g/mol. The highest BCUT2D eigenvalue weighted by molar-refractivity contribution is 7.10. The number of thiophene rings is 1. The van der Waals surface area contributed by atoms with Gasteiger partial charge in [0, 0.05) is 30.4 Å². The van der Waals surface area contributed by atoms with Crippen molar-refractivity contribution in [1.29, 1.82) is 0 Å². The van der Waals surface area contributed by atoms with E-state index in [-0.39, 0.29) is 12.1 Å². The van der Waals surface area contributed by atoms with E-state index in [0.29, 0.717) is 5.92 Å². The third kappa shape index (κ3) is 3.91. The van der Waals surface area contributed by atoms with Gasteiger partial charge < -0.3 is 10.2 Å². The zero-order chi connectivity index (χ0) is 16.1. The van der Waals surface area contributed by atoms with E-state index in [1.165, 1.54) is 10.4 Å². The van der Waals surface area contributed by atoms with Gasteiger partial charge in [-0.1, -0.05) is 13.0 Å². The Hall–Kier alpha value is -1.88. The molecular formula is C18H23N3OS. The van der Waals surface area contributed by atoms with E-state index in [9.17, 15) is 4.79 Å². The second-order valence-electron chi connectivity index (χ2n) is 5.97. The maximum absolute atomic E-state index is 12.5. The topological polar surface area (TPSA) is 45.2 Å². The van der Waals surface area contributed by atoms with Gasteiger partial charge in [0.2, 0.25) is 0 Å². The summed E-state index contributed by atoms with van der Waals surface area (Å²) in [6, 6.07) is 8.50. The summed E-state index contributed by atoms with van der Waals surface area (Å²) in [5.74, 6) is 0.543. The van der Waals surface area contributed by atoms with Gasteiger partial charge in [-0.25, -0.2) is 4.79 Å². The van der Waals surface area contributed by atoms with Crippen LogP contribution in [0.15, 0.2) is 42.0 Å². The average Bonchev–Trinajstić information content (AvgIpc) is 3.15. The minimum Gasteiger partial charge on any atom is -0.330 e. The third-order valence-electron chi connectivity index (χ3n) is 4.55. The maximum atomic E-state index is 12.5. The van der Waals surface area contributed by atoms with Crippen LogP contribution < -0.4 is 5.32 Å². The van der Waals surface area contributed by atoms with Gasteiger partial charge in [0.1, 0.15) is 0 Å². The fraction of sp³-hybridized carbons (Fsp3) is 0.444. The molecule has 1 aliphatic heterocycles. The predicted octanol–water partition coefficient (Wildman–Crippen LogP) is 4.18. The number of carbonyl (C=O) groups is 1. The summed E-state index contributed by atoms with van der Waals surface area (Å²) in [5, 5.41) is 5.24. The molecule has 0 spiro atoms. The Kier molecular flexibility index (Phi) is 5.28. The molecule has 0 radical (unpaired) electrons. The molecule has 0 aromatic carbocycles. The third-order valence-corrected chi connectivity index (χ3v) is 5.54. The molecule has 3 rings (SSSR count). The Labute approximate surface area is 141 Å². The van der Waals surface area contributed by atoms with Gasteiger partial charge in [0.05, 0.1) is 6.04 Å². The molecule has 23 heavy (non-hydrogen) atoms. The number of amides is 2. The first-order valence-electron chi connectivity index (χ1n) is 8.26. The molecular weight excluding hydrogens is 306 g/mol. The summed E-state index contributed by atoms with van der Waals surface area (Å²) < 4.78 is 0. The fourth-order valence-corrected chi connectivity index (χ4v) is 4.02. The van der Waals surface area contributed by atoms with Crippen LogP contribution in [0.4, 0.5) is 4.79 Å². The molecule has 1 fully saturated rings. The number of rotatable bonds is 4. The minimum absolute atomic E-state index is 0.0680. The number of pyridine rings is 1. The molecule has 1 aliphatic rings. The van der Waals surface area contributed by atoms with Crippen molar-refractivity contribution in [2.24, 2.45) is 0 Å². The van der Waals surface area contributed by atoms with E-state index >= 15 is 0 Å². The van der Waals surface area contributed by atoms with Crippen molar-refractivity contribution in [3.05, 3.63) is 52.5 Å². The molecule has 4 nitrogen and oxygen atoms in total. The molecule has 0 unspecified atom stereocenters. The molecule has 5 heteroatoms. The summed E-state index contributed by atoms with van der Waals surface area (Å²) >= 11 is 1.70. The van der Waals surface area contributed by atoms with Crippen molar-refractivity contribution in [2.75, 3.05) is 13.1 Å². The molecule has 122 valence electrons. The fourth-order valence-electron chi connectivity index (χ4n) is 3.16. The SMILES string of the molecule is CC[C@@H](NC(=O)N1CCC(c2ccncc2)CC1)c1cccs1. The Morgan fingerprint density at radius 2 is 2.09 bits per heavy atom. The van der Waals surface area contributed by atoms with Crippen molar-refractivity contribution in [3.8, 4) is 0 Å². The van der Waals surface area contributed by atoms with Gasteiger partial charge in [-0.15, -0.1) is 11.3 Å². The summed E-state index contributed by atoms with van der Waals surface area (Å²) in [6.45, 7) is 3.75. The summed E-state index contributed by atoms with van der Waals surface area (Å²) in [7, 11) is 0. The Morgan fingerprint density at radius 3 is 2.70 bits per heavy atom. The number of nitrogens with one attached hydrogen (secondary N) is 1. The van der Waals surface area contributed by atoms with Crippen LogP contribution in [-0.2, 0) is 0 Å². The first-order chi connectivity index (χ1) is 11.3. The van der Waals surface area contributed by atoms with E-state index in [4.69, 9.17) is 0 Å². The number of aromatic nitrogens is 1. The second kappa shape index (κ2) is 7.59. The number of hydrogen-bond acceptors (Lipinski definition) is 3. The van der Waals surface area contributed by atoms with Crippen molar-refractivity contribution in [1.82, 2.24) is 15.2 Å². The first-order valence-corrected chi connectivity index (χ1v) is 9.14. The Balaban J connectivity index is 1.54. The van der Waals surface area contributed by atoms with E-state index in [0.717, 1.165) is 32.4 Å². The van der Waals surface area contributed by atoms with Crippen LogP contribution >= 0.6 is 11.3 Å². The molecule has 2 aromatic heterocycles. The van der Waals surface area contributed by atoms with Gasteiger partial charge >= 0.3 is 6.03 Å². The van der Waals surface area contributed by atoms with Gasteiger partial charge in [-0.05, 0) is 54.3 Å². The Bertz CT molecular complexity index is 606. The summed E-state index contributed by atoms with van der Waals surface area (Å²) in [4.78, 5) is 19.8. The molecule has 0 saturated carbocycles. The number of piperidine rings is 1. The van der Waals surface area contributed by atoms with Crippen LogP contribution in [-0.4, -0.2) is 29.0 Å². The normalized spacial score (nSPS) is 17.0. The molecule has 1 N–H and O–H groups in total. The molecule has 3 heterocycles. The highest BCUT2D eigenvalue weighted by atomic mass is 32.1. The molecule has 1 saturated heterocycles. The lowest BCUT2D eigenvalue weighted by Gasteiger charge is -2.33. The zero-order valence-electron chi connectivity index (χ0n) is 13.4. The standard InChI is InChI=1S/C18H23N3OS/c1-2-16(17-4-3-13-23-17)20-18(22)21-11-7-15(8-12-21)14-5-9-19-10-6-14/h3-6,9-10,13,15-16H,2,7-8,11-12H2,1H3,(H,20,22)/t16-/m1/s1. The van der Waals surface area contributed by atoms with E-state index in [1.807, 2.05) is 23.4 Å². The summed E-state index contributed by atoms with van der Waals surface area (Å²) in [6.07, 6.45) is 6.66. The highest BCUT2D eigenvalue weighted by Crippen LogP contribution is 2.28. The summed E-state index contributed by atoms with van der Waals surface area (Å²) in [5.41, 5.74) is 1.34. The smallest absolute Gasteiger partial charge is 0.317 e. The van der Waals surface area contributed by atoms with Crippen molar-refractivity contribution >= 4 is 17.4 Å². The van der Waals surface area contributed by atoms with Crippen LogP contribution in [0.3, 0.4) is 0 Å². The van der Waals surface area contributed by atoms with Crippen LogP contribution in [0, 0.1) is 0 Å². The van der Waals surface area contributed by atoms with Crippen molar-refractivity contribution in [2.45, 2.75) is 38.1 Å². The van der Waals surface area contributed by atoms with E-state index < -0.39 is 0 Å². The predicted molar refractivity (Wildman–Crippen MR) is 93.7 cm³/mol.